The lowest BCUT2D eigenvalue weighted by Crippen LogP contribution is -2.65. The van der Waals surface area contributed by atoms with Crippen molar-refractivity contribution in [3.63, 3.8) is 0 Å². The molecule has 0 spiro atoms. The first-order chi connectivity index (χ1) is 14.5. The molecule has 4 fully saturated rings. The number of aliphatic carboxylic acids is 1. The van der Waals surface area contributed by atoms with Gasteiger partial charge in [0.25, 0.3) is 0 Å². The molecule has 4 saturated carbocycles. The zero-order chi connectivity index (χ0) is 22.8. The third kappa shape index (κ3) is 3.25. The second-order valence-electron chi connectivity index (χ2n) is 12.5. The standard InChI is InChI=1S/C27H44O4/c1-6-18-24(31)23-20-9-8-19(16(2)7-10-22(29)30)25(20,3)13-12-21(23)26(4)14-11-17(28)15-27(18,26)5/h16-21,23,28H,6-15H2,1-5H3,(H,29,30)/t16-,17-,18+,19-,20?,21?,23+,25-,26-,27+/m1/s1. The van der Waals surface area contributed by atoms with Crippen molar-refractivity contribution in [3.8, 4) is 0 Å². The molecule has 10 atom stereocenters. The van der Waals surface area contributed by atoms with Gasteiger partial charge < -0.3 is 10.2 Å². The Morgan fingerprint density at radius 2 is 1.77 bits per heavy atom. The summed E-state index contributed by atoms with van der Waals surface area (Å²) in [4.78, 5) is 25.3. The molecule has 0 saturated heterocycles. The van der Waals surface area contributed by atoms with Crippen molar-refractivity contribution in [2.45, 2.75) is 105 Å². The molecular formula is C27H44O4. The van der Waals surface area contributed by atoms with Crippen LogP contribution in [0, 0.1) is 51.8 Å². The molecule has 0 aromatic heterocycles. The van der Waals surface area contributed by atoms with E-state index in [1.54, 1.807) is 0 Å². The lowest BCUT2D eigenvalue weighted by molar-refractivity contribution is -0.199. The average molecular weight is 433 g/mol. The SMILES string of the molecule is CC[C@H]1C(=O)[C@H]2C3CC[C@H]([C@H](C)CCC(=O)O)[C@@]3(C)CCC2[C@@]2(C)CC[C@@H](O)C[C@@]12C. The highest BCUT2D eigenvalue weighted by Crippen LogP contribution is 2.72. The number of ketones is 1. The number of hydrogen-bond acceptors (Lipinski definition) is 3. The van der Waals surface area contributed by atoms with E-state index in [1.807, 2.05) is 0 Å². The fourth-order valence-corrected chi connectivity index (χ4v) is 9.70. The molecule has 4 heteroatoms. The normalized spacial score (nSPS) is 50.3. The van der Waals surface area contributed by atoms with Crippen LogP contribution in [-0.4, -0.2) is 28.1 Å². The Balaban J connectivity index is 1.66. The van der Waals surface area contributed by atoms with Crippen LogP contribution in [0.15, 0.2) is 0 Å². The Morgan fingerprint density at radius 1 is 1.06 bits per heavy atom. The van der Waals surface area contributed by atoms with E-state index in [4.69, 9.17) is 5.11 Å². The highest BCUT2D eigenvalue weighted by Gasteiger charge is 2.68. The number of aliphatic hydroxyl groups excluding tert-OH is 1. The van der Waals surface area contributed by atoms with Crippen LogP contribution in [0.25, 0.3) is 0 Å². The van der Waals surface area contributed by atoms with E-state index in [9.17, 15) is 14.7 Å². The van der Waals surface area contributed by atoms with E-state index < -0.39 is 5.97 Å². The summed E-state index contributed by atoms with van der Waals surface area (Å²) in [6.07, 6.45) is 8.83. The van der Waals surface area contributed by atoms with Crippen LogP contribution in [0.5, 0.6) is 0 Å². The number of carboxylic acids is 1. The molecule has 4 aliphatic rings. The molecule has 0 aromatic rings. The monoisotopic (exact) mass is 432 g/mol. The van der Waals surface area contributed by atoms with Crippen molar-refractivity contribution >= 4 is 11.8 Å². The van der Waals surface area contributed by atoms with Gasteiger partial charge in [0.2, 0.25) is 0 Å². The lowest BCUT2D eigenvalue weighted by Gasteiger charge is -2.67. The van der Waals surface area contributed by atoms with Crippen LogP contribution in [-0.2, 0) is 9.59 Å². The van der Waals surface area contributed by atoms with Crippen LogP contribution >= 0.6 is 0 Å². The Labute approximate surface area is 188 Å². The van der Waals surface area contributed by atoms with Gasteiger partial charge >= 0.3 is 5.97 Å². The number of carboxylic acid groups (broad SMARTS) is 1. The van der Waals surface area contributed by atoms with Crippen molar-refractivity contribution in [3.05, 3.63) is 0 Å². The van der Waals surface area contributed by atoms with Gasteiger partial charge in [0.05, 0.1) is 6.10 Å². The molecular weight excluding hydrogens is 388 g/mol. The first kappa shape index (κ1) is 23.3. The van der Waals surface area contributed by atoms with Gasteiger partial charge in [-0.25, -0.2) is 0 Å². The molecule has 0 radical (unpaired) electrons. The third-order valence-corrected chi connectivity index (χ3v) is 11.5. The molecule has 4 rings (SSSR count). The average Bonchev–Trinajstić information content (AvgIpc) is 3.05. The van der Waals surface area contributed by atoms with Crippen LogP contribution in [0.3, 0.4) is 0 Å². The maximum absolute atomic E-state index is 14.1. The Hall–Kier alpha value is -0.900. The zero-order valence-corrected chi connectivity index (χ0v) is 20.3. The number of rotatable bonds is 5. The molecule has 2 unspecified atom stereocenters. The second kappa shape index (κ2) is 7.85. The molecule has 0 aromatic carbocycles. The first-order valence-corrected chi connectivity index (χ1v) is 12.9. The number of carbonyl (C=O) groups is 2. The number of fused-ring (bicyclic) bond motifs is 5. The number of Topliss-reactive ketones (excluding diaryl/α,β-unsaturated/α-hetero) is 1. The summed E-state index contributed by atoms with van der Waals surface area (Å²) in [6, 6.07) is 0. The minimum Gasteiger partial charge on any atom is -0.481 e. The summed E-state index contributed by atoms with van der Waals surface area (Å²) in [5.74, 6) is 1.82. The summed E-state index contributed by atoms with van der Waals surface area (Å²) in [7, 11) is 0. The fraction of sp³-hybridized carbons (Fsp3) is 0.926. The fourth-order valence-electron chi connectivity index (χ4n) is 9.70. The van der Waals surface area contributed by atoms with Gasteiger partial charge in [-0.05, 0) is 97.7 Å². The molecule has 0 amide bonds. The van der Waals surface area contributed by atoms with Gasteiger partial charge in [0.1, 0.15) is 5.78 Å². The van der Waals surface area contributed by atoms with Crippen LogP contribution in [0.1, 0.15) is 98.8 Å². The van der Waals surface area contributed by atoms with Crippen LogP contribution in [0.2, 0.25) is 0 Å². The number of hydrogen-bond donors (Lipinski definition) is 2. The van der Waals surface area contributed by atoms with E-state index in [1.165, 1.54) is 6.42 Å². The highest BCUT2D eigenvalue weighted by molar-refractivity contribution is 5.86. The summed E-state index contributed by atoms with van der Waals surface area (Å²) >= 11 is 0. The van der Waals surface area contributed by atoms with Crippen molar-refractivity contribution in [2.75, 3.05) is 0 Å². The number of carbonyl (C=O) groups excluding carboxylic acids is 1. The molecule has 0 bridgehead atoms. The molecule has 31 heavy (non-hydrogen) atoms. The van der Waals surface area contributed by atoms with Crippen LogP contribution in [0.4, 0.5) is 0 Å². The summed E-state index contributed by atoms with van der Waals surface area (Å²) < 4.78 is 0. The van der Waals surface area contributed by atoms with E-state index in [0.717, 1.165) is 51.4 Å². The molecule has 2 N–H and O–H groups in total. The Kier molecular flexibility index (Phi) is 5.89. The molecule has 4 aliphatic carbocycles. The molecule has 4 nitrogen and oxygen atoms in total. The third-order valence-electron chi connectivity index (χ3n) is 11.5. The van der Waals surface area contributed by atoms with Crippen molar-refractivity contribution < 1.29 is 19.8 Å². The van der Waals surface area contributed by atoms with Gasteiger partial charge in [-0.3, -0.25) is 9.59 Å². The minimum absolute atomic E-state index is 0.0551. The zero-order valence-electron chi connectivity index (χ0n) is 20.3. The molecule has 0 aliphatic heterocycles. The topological polar surface area (TPSA) is 74.6 Å². The lowest BCUT2D eigenvalue weighted by atomic mass is 9.37. The highest BCUT2D eigenvalue weighted by atomic mass is 16.4. The number of aliphatic hydroxyl groups is 1. The quantitative estimate of drug-likeness (QED) is 0.583. The smallest absolute Gasteiger partial charge is 0.303 e. The molecule has 176 valence electrons. The van der Waals surface area contributed by atoms with E-state index in [-0.39, 0.29) is 40.6 Å². The Bertz CT molecular complexity index is 733. The minimum atomic E-state index is -0.699. The van der Waals surface area contributed by atoms with Crippen molar-refractivity contribution in [2.24, 2.45) is 51.8 Å². The summed E-state index contributed by atoms with van der Waals surface area (Å²) in [5.41, 5.74) is 0.184. The van der Waals surface area contributed by atoms with Gasteiger partial charge in [0.15, 0.2) is 0 Å². The second-order valence-corrected chi connectivity index (χ2v) is 12.5. The largest absolute Gasteiger partial charge is 0.481 e. The first-order valence-electron chi connectivity index (χ1n) is 12.9. The van der Waals surface area contributed by atoms with E-state index in [2.05, 4.69) is 34.6 Å². The van der Waals surface area contributed by atoms with Gasteiger partial charge in [0, 0.05) is 18.3 Å². The van der Waals surface area contributed by atoms with Crippen molar-refractivity contribution in [1.82, 2.24) is 0 Å². The van der Waals surface area contributed by atoms with Gasteiger partial charge in [-0.2, -0.15) is 0 Å². The maximum atomic E-state index is 14.1. The summed E-state index contributed by atoms with van der Waals surface area (Å²) in [5, 5.41) is 19.7. The summed E-state index contributed by atoms with van der Waals surface area (Å²) in [6.45, 7) is 11.6. The predicted molar refractivity (Wildman–Crippen MR) is 121 cm³/mol. The van der Waals surface area contributed by atoms with E-state index >= 15 is 0 Å². The molecule has 0 heterocycles. The van der Waals surface area contributed by atoms with Gasteiger partial charge in [-0.15, -0.1) is 0 Å². The van der Waals surface area contributed by atoms with Gasteiger partial charge in [-0.1, -0.05) is 34.6 Å². The van der Waals surface area contributed by atoms with Crippen LogP contribution < -0.4 is 0 Å². The Morgan fingerprint density at radius 3 is 2.42 bits per heavy atom. The van der Waals surface area contributed by atoms with Crippen molar-refractivity contribution in [1.29, 1.82) is 0 Å². The van der Waals surface area contributed by atoms with E-state index in [0.29, 0.717) is 29.5 Å². The maximum Gasteiger partial charge on any atom is 0.303 e. The predicted octanol–water partition coefficient (Wildman–Crippen LogP) is 5.71.